The zero-order valence-electron chi connectivity index (χ0n) is 16.0. The van der Waals surface area contributed by atoms with Crippen LogP contribution in [0.4, 0.5) is 0 Å². The Balaban J connectivity index is 1.56. The fourth-order valence-corrected chi connectivity index (χ4v) is 4.97. The first-order chi connectivity index (χ1) is 13.5. The van der Waals surface area contributed by atoms with Crippen molar-refractivity contribution in [3.8, 4) is 5.75 Å². The summed E-state index contributed by atoms with van der Waals surface area (Å²) in [7, 11) is -1.83. The van der Waals surface area contributed by atoms with Crippen molar-refractivity contribution in [2.24, 2.45) is 5.92 Å². The van der Waals surface area contributed by atoms with E-state index in [0.717, 1.165) is 16.9 Å². The van der Waals surface area contributed by atoms with Gasteiger partial charge in [0.2, 0.25) is 15.9 Å². The quantitative estimate of drug-likeness (QED) is 0.772. The van der Waals surface area contributed by atoms with Crippen molar-refractivity contribution in [3.63, 3.8) is 0 Å². The Morgan fingerprint density at radius 1 is 1.11 bits per heavy atom. The van der Waals surface area contributed by atoms with Gasteiger partial charge in [-0.15, -0.1) is 0 Å². The minimum atomic E-state index is -3.44. The molecule has 1 aliphatic rings. The number of methoxy groups -OCH3 is 1. The van der Waals surface area contributed by atoms with Gasteiger partial charge in [-0.2, -0.15) is 0 Å². The highest BCUT2D eigenvalue weighted by Gasteiger charge is 2.32. The van der Waals surface area contributed by atoms with Crippen LogP contribution >= 0.6 is 0 Å². The van der Waals surface area contributed by atoms with E-state index in [1.807, 2.05) is 42.5 Å². The molecule has 1 atom stereocenters. The highest BCUT2D eigenvalue weighted by molar-refractivity contribution is 7.88. The predicted octanol–water partition coefficient (Wildman–Crippen LogP) is 2.55. The van der Waals surface area contributed by atoms with Crippen LogP contribution in [-0.4, -0.2) is 38.8 Å². The molecule has 0 spiro atoms. The molecule has 7 heteroatoms. The summed E-state index contributed by atoms with van der Waals surface area (Å²) in [5.74, 6) is 0.309. The van der Waals surface area contributed by atoms with Gasteiger partial charge in [-0.3, -0.25) is 4.79 Å². The average Bonchev–Trinajstić information content (AvgIpc) is 2.73. The van der Waals surface area contributed by atoms with Crippen LogP contribution in [-0.2, 0) is 27.1 Å². The molecule has 0 radical (unpaired) electrons. The third kappa shape index (κ3) is 5.33. The van der Waals surface area contributed by atoms with Crippen molar-refractivity contribution in [1.82, 2.24) is 9.62 Å². The fraction of sp³-hybridized carbons (Fsp3) is 0.381. The smallest absolute Gasteiger partial charge is 0.224 e. The van der Waals surface area contributed by atoms with Crippen LogP contribution in [0.5, 0.6) is 5.75 Å². The number of carbonyl (C=O) groups excluding carboxylic acids is 1. The van der Waals surface area contributed by atoms with E-state index in [0.29, 0.717) is 25.9 Å². The number of piperidine rings is 1. The number of carbonyl (C=O) groups is 1. The van der Waals surface area contributed by atoms with Gasteiger partial charge in [0.15, 0.2) is 0 Å². The molecule has 1 amide bonds. The molecule has 1 aliphatic heterocycles. The summed E-state index contributed by atoms with van der Waals surface area (Å²) in [4.78, 5) is 12.6. The molecule has 0 bridgehead atoms. The van der Waals surface area contributed by atoms with E-state index >= 15 is 0 Å². The van der Waals surface area contributed by atoms with Crippen molar-refractivity contribution in [2.75, 3.05) is 20.2 Å². The van der Waals surface area contributed by atoms with Crippen molar-refractivity contribution < 1.29 is 17.9 Å². The van der Waals surface area contributed by atoms with Crippen LogP contribution < -0.4 is 10.1 Å². The van der Waals surface area contributed by atoms with E-state index in [1.54, 1.807) is 19.2 Å². The van der Waals surface area contributed by atoms with E-state index < -0.39 is 10.0 Å². The highest BCUT2D eigenvalue weighted by Crippen LogP contribution is 2.22. The van der Waals surface area contributed by atoms with Gasteiger partial charge < -0.3 is 10.1 Å². The van der Waals surface area contributed by atoms with Crippen molar-refractivity contribution in [1.29, 1.82) is 0 Å². The van der Waals surface area contributed by atoms with Gasteiger partial charge in [0, 0.05) is 19.6 Å². The third-order valence-corrected chi connectivity index (χ3v) is 6.78. The number of ether oxygens (including phenoxy) is 1. The number of nitrogens with zero attached hydrogens (tertiary/aromatic N) is 1. The molecule has 3 rings (SSSR count). The molecular formula is C21H26N2O4S. The molecule has 0 unspecified atom stereocenters. The lowest BCUT2D eigenvalue weighted by Crippen LogP contribution is -2.45. The number of benzene rings is 2. The van der Waals surface area contributed by atoms with E-state index in [2.05, 4.69) is 5.32 Å². The second-order valence-electron chi connectivity index (χ2n) is 7.00. The van der Waals surface area contributed by atoms with Gasteiger partial charge in [0.1, 0.15) is 5.75 Å². The molecule has 2 aromatic rings. The summed E-state index contributed by atoms with van der Waals surface area (Å²) >= 11 is 0. The monoisotopic (exact) mass is 402 g/mol. The number of hydrogen-bond donors (Lipinski definition) is 1. The van der Waals surface area contributed by atoms with Crippen LogP contribution in [0.3, 0.4) is 0 Å². The predicted molar refractivity (Wildman–Crippen MR) is 108 cm³/mol. The SMILES string of the molecule is COc1ccc(CNC(=O)[C@H]2CCCN(S(=O)(=O)Cc3ccccc3)C2)cc1. The van der Waals surface area contributed by atoms with Gasteiger partial charge >= 0.3 is 0 Å². The normalized spacial score (nSPS) is 17.8. The number of rotatable bonds is 7. The molecule has 0 aromatic heterocycles. The summed E-state index contributed by atoms with van der Waals surface area (Å²) in [5, 5.41) is 2.93. The van der Waals surface area contributed by atoms with E-state index in [9.17, 15) is 13.2 Å². The molecule has 2 aromatic carbocycles. The maximum atomic E-state index is 12.7. The molecule has 28 heavy (non-hydrogen) atoms. The summed E-state index contributed by atoms with van der Waals surface area (Å²) in [6.07, 6.45) is 1.39. The molecule has 1 N–H and O–H groups in total. The maximum Gasteiger partial charge on any atom is 0.224 e. The number of amides is 1. The Bertz CT molecular complexity index is 882. The van der Waals surface area contributed by atoms with E-state index in [-0.39, 0.29) is 24.1 Å². The van der Waals surface area contributed by atoms with E-state index in [4.69, 9.17) is 4.74 Å². The van der Waals surface area contributed by atoms with Crippen LogP contribution in [0.2, 0.25) is 0 Å². The maximum absolute atomic E-state index is 12.7. The Kier molecular flexibility index (Phi) is 6.70. The Labute approximate surface area is 166 Å². The molecule has 1 heterocycles. The first-order valence-corrected chi connectivity index (χ1v) is 11.0. The zero-order valence-corrected chi connectivity index (χ0v) is 16.8. The minimum absolute atomic E-state index is 0.0337. The minimum Gasteiger partial charge on any atom is -0.497 e. The van der Waals surface area contributed by atoms with Crippen LogP contribution in [0.25, 0.3) is 0 Å². The Morgan fingerprint density at radius 2 is 1.82 bits per heavy atom. The van der Waals surface area contributed by atoms with Crippen molar-refractivity contribution in [2.45, 2.75) is 25.1 Å². The first-order valence-electron chi connectivity index (χ1n) is 9.40. The van der Waals surface area contributed by atoms with Gasteiger partial charge in [-0.25, -0.2) is 12.7 Å². The lowest BCUT2D eigenvalue weighted by Gasteiger charge is -2.31. The second kappa shape index (κ2) is 9.21. The summed E-state index contributed by atoms with van der Waals surface area (Å²) in [5.41, 5.74) is 1.73. The number of hydrogen-bond acceptors (Lipinski definition) is 4. The first kappa shape index (κ1) is 20.4. The van der Waals surface area contributed by atoms with Crippen molar-refractivity contribution >= 4 is 15.9 Å². The highest BCUT2D eigenvalue weighted by atomic mass is 32.2. The standard InChI is InChI=1S/C21H26N2O4S/c1-27-20-11-9-17(10-12-20)14-22-21(24)19-8-5-13-23(15-19)28(25,26)16-18-6-3-2-4-7-18/h2-4,6-7,9-12,19H,5,8,13-16H2,1H3,(H,22,24)/t19-/m0/s1. The van der Waals surface area contributed by atoms with Gasteiger partial charge in [0.05, 0.1) is 18.8 Å². The topological polar surface area (TPSA) is 75.7 Å². The molecule has 1 fully saturated rings. The second-order valence-corrected chi connectivity index (χ2v) is 8.97. The van der Waals surface area contributed by atoms with Crippen LogP contribution in [0.15, 0.2) is 54.6 Å². The van der Waals surface area contributed by atoms with Gasteiger partial charge in [-0.1, -0.05) is 42.5 Å². The molecule has 0 aliphatic carbocycles. The van der Waals surface area contributed by atoms with Crippen LogP contribution in [0.1, 0.15) is 24.0 Å². The molecule has 150 valence electrons. The fourth-order valence-electron chi connectivity index (χ4n) is 3.36. The Hall–Kier alpha value is -2.38. The largest absolute Gasteiger partial charge is 0.497 e. The zero-order chi connectivity index (χ0) is 20.0. The van der Waals surface area contributed by atoms with E-state index in [1.165, 1.54) is 4.31 Å². The third-order valence-electron chi connectivity index (χ3n) is 4.97. The summed E-state index contributed by atoms with van der Waals surface area (Å²) in [6, 6.07) is 16.6. The number of sulfonamides is 1. The molecular weight excluding hydrogens is 376 g/mol. The average molecular weight is 403 g/mol. The molecule has 0 saturated carbocycles. The lowest BCUT2D eigenvalue weighted by atomic mass is 9.99. The molecule has 6 nitrogen and oxygen atoms in total. The van der Waals surface area contributed by atoms with Crippen LogP contribution in [0, 0.1) is 5.92 Å². The number of nitrogens with one attached hydrogen (secondary N) is 1. The van der Waals surface area contributed by atoms with Gasteiger partial charge in [-0.05, 0) is 36.1 Å². The lowest BCUT2D eigenvalue weighted by molar-refractivity contribution is -0.126. The van der Waals surface area contributed by atoms with Crippen molar-refractivity contribution in [3.05, 3.63) is 65.7 Å². The molecule has 1 saturated heterocycles. The van der Waals surface area contributed by atoms with Gasteiger partial charge in [0.25, 0.3) is 0 Å². The summed E-state index contributed by atoms with van der Waals surface area (Å²) in [6.45, 7) is 1.12. The summed E-state index contributed by atoms with van der Waals surface area (Å²) < 4.78 is 32.1. The Morgan fingerprint density at radius 3 is 2.50 bits per heavy atom.